The summed E-state index contributed by atoms with van der Waals surface area (Å²) in [6, 6.07) is -0.933. The van der Waals surface area contributed by atoms with E-state index in [9.17, 15) is 62.9 Å². The number of nitro benzene ring substituents is 1. The van der Waals surface area contributed by atoms with Gasteiger partial charge in [-0.25, -0.2) is 27.6 Å². The number of nitrogens with zero attached hydrogens (tertiary/aromatic N) is 4. The second-order valence-corrected chi connectivity index (χ2v) is 26.3. The van der Waals surface area contributed by atoms with E-state index in [1.807, 2.05) is 0 Å². The first kappa shape index (κ1) is 64.2. The molecule has 0 spiro atoms. The van der Waals surface area contributed by atoms with Crippen LogP contribution in [-0.2, 0) is 52.7 Å². The van der Waals surface area contributed by atoms with E-state index in [4.69, 9.17) is 37.9 Å². The van der Waals surface area contributed by atoms with Crippen LogP contribution in [0.25, 0.3) is 0 Å². The number of hydrogen-bond donors (Lipinski definition) is 7. The number of β-amino-alcohol motifs (C(OH)–C–C–N with tert-alkyl or cyclic N) is 1. The number of likely N-dealkylation sites (N-methyl/N-ethyl adjacent to an activating group) is 2. The highest BCUT2D eigenvalue weighted by Crippen LogP contribution is 2.36. The zero-order valence-corrected chi connectivity index (χ0v) is 48.1. The number of amides is 5. The first-order valence-electron chi connectivity index (χ1n) is 25.5. The maximum absolute atomic E-state index is 14.2. The molecular formula is C50H79N7O21S. The van der Waals surface area contributed by atoms with Gasteiger partial charge in [-0.15, -0.1) is 0 Å². The summed E-state index contributed by atoms with van der Waals surface area (Å²) in [5.74, 6) is -1.17. The molecule has 446 valence electrons. The second-order valence-electron chi connectivity index (χ2n) is 24.3. The van der Waals surface area contributed by atoms with Gasteiger partial charge in [0.2, 0.25) is 16.3 Å². The Kier molecular flexibility index (Phi) is 19.3. The highest BCUT2D eigenvalue weighted by atomic mass is 32.2. The lowest BCUT2D eigenvalue weighted by Crippen LogP contribution is -2.74. The molecule has 1 aromatic carbocycles. The highest BCUT2D eigenvalue weighted by Gasteiger charge is 2.57. The second kappa shape index (κ2) is 23.8. The fraction of sp³-hybridized carbons (Fsp3) is 0.740. The Morgan fingerprint density at radius 1 is 0.772 bits per heavy atom. The minimum absolute atomic E-state index is 0.100. The van der Waals surface area contributed by atoms with Crippen LogP contribution in [0.5, 0.6) is 0 Å². The number of benzene rings is 1. The molecule has 1 aromatic rings. The predicted molar refractivity (Wildman–Crippen MR) is 276 cm³/mol. The maximum atomic E-state index is 14.2. The molecule has 28 nitrogen and oxygen atoms in total. The third kappa shape index (κ3) is 16.7. The molecule has 1 saturated carbocycles. The minimum atomic E-state index is -4.58. The minimum Gasteiger partial charge on any atom is -0.466 e. The topological polar surface area (TPSA) is 363 Å². The number of alkyl carbamates (subject to hydrolysis) is 2. The summed E-state index contributed by atoms with van der Waals surface area (Å²) in [6.07, 6.45) is -14.0. The molecular weight excluding hydrogens is 1070 g/mol. The third-order valence-electron chi connectivity index (χ3n) is 12.5. The number of aliphatic hydroxyl groups is 4. The molecule has 7 N–H and O–H groups in total. The van der Waals surface area contributed by atoms with Crippen molar-refractivity contribution in [1.29, 1.82) is 0 Å². The molecule has 5 rings (SSSR count). The lowest BCUT2D eigenvalue weighted by Gasteiger charge is -2.51. The van der Waals surface area contributed by atoms with Crippen molar-refractivity contribution in [2.75, 3.05) is 40.3 Å². The molecule has 11 atom stereocenters. The number of likely N-dealkylation sites (tertiary alicyclic amines) is 1. The number of ether oxygens (including phenoxy) is 8. The van der Waals surface area contributed by atoms with Gasteiger partial charge in [0.25, 0.3) is 11.6 Å². The third-order valence-corrected chi connectivity index (χ3v) is 14.3. The fourth-order valence-electron chi connectivity index (χ4n) is 9.02. The quantitative estimate of drug-likeness (QED) is 0.0798. The summed E-state index contributed by atoms with van der Waals surface area (Å²) < 4.78 is 75.6. The number of carbonyl (C=O) groups excluding carboxylic acids is 5. The molecule has 3 fully saturated rings. The first-order valence-corrected chi connectivity index (χ1v) is 27.0. The van der Waals surface area contributed by atoms with Gasteiger partial charge in [0.15, 0.2) is 16.8 Å². The van der Waals surface area contributed by atoms with Crippen molar-refractivity contribution >= 4 is 46.0 Å². The molecule has 29 heteroatoms. The number of aliphatic hydroxyl groups excluding tert-OH is 2. The van der Waals surface area contributed by atoms with Crippen LogP contribution in [0.4, 0.5) is 24.9 Å². The van der Waals surface area contributed by atoms with Crippen molar-refractivity contribution < 1.29 is 95.6 Å². The average molecular weight is 1150 g/mol. The fourth-order valence-corrected chi connectivity index (χ4v) is 10.3. The van der Waals surface area contributed by atoms with Gasteiger partial charge in [0.1, 0.15) is 58.2 Å². The van der Waals surface area contributed by atoms with Crippen LogP contribution >= 0.6 is 0 Å². The van der Waals surface area contributed by atoms with Crippen molar-refractivity contribution in [2.45, 2.75) is 203 Å². The Hall–Kier alpha value is -5.66. The van der Waals surface area contributed by atoms with E-state index >= 15 is 0 Å². The Morgan fingerprint density at radius 2 is 1.28 bits per heavy atom. The van der Waals surface area contributed by atoms with E-state index in [1.165, 1.54) is 32.2 Å². The summed E-state index contributed by atoms with van der Waals surface area (Å²) >= 11 is 0. The van der Waals surface area contributed by atoms with E-state index in [1.54, 1.807) is 83.1 Å². The number of nitro groups is 1. The number of para-hydroxylation sites is 1. The van der Waals surface area contributed by atoms with E-state index in [0.29, 0.717) is 0 Å². The molecule has 4 aliphatic rings. The van der Waals surface area contributed by atoms with Crippen molar-refractivity contribution in [1.82, 2.24) is 30.1 Å². The summed E-state index contributed by atoms with van der Waals surface area (Å²) in [6.45, 7) is 18.4. The van der Waals surface area contributed by atoms with Gasteiger partial charge in [0, 0.05) is 20.2 Å². The van der Waals surface area contributed by atoms with Crippen LogP contribution < -0.4 is 16.0 Å². The smallest absolute Gasteiger partial charge is 0.410 e. The van der Waals surface area contributed by atoms with Crippen LogP contribution in [-0.4, -0.2) is 213 Å². The molecule has 1 aliphatic carbocycles. The van der Waals surface area contributed by atoms with Crippen molar-refractivity contribution in [3.8, 4) is 0 Å². The molecule has 79 heavy (non-hydrogen) atoms. The Labute approximate surface area is 459 Å². The number of hydrogen-bond acceptors (Lipinski definition) is 21. The molecule has 5 amide bonds. The van der Waals surface area contributed by atoms with E-state index in [0.717, 1.165) is 33.3 Å². The van der Waals surface area contributed by atoms with Crippen LogP contribution in [0.1, 0.15) is 103 Å². The van der Waals surface area contributed by atoms with Crippen LogP contribution in [0.15, 0.2) is 41.0 Å². The maximum Gasteiger partial charge on any atom is 0.410 e. The van der Waals surface area contributed by atoms with Gasteiger partial charge >= 0.3 is 24.4 Å². The van der Waals surface area contributed by atoms with Crippen molar-refractivity contribution in [3.63, 3.8) is 0 Å². The molecule has 3 aliphatic heterocycles. The molecule has 0 radical (unpaired) electrons. The Bertz CT molecular complexity index is 2550. The summed E-state index contributed by atoms with van der Waals surface area (Å²) in [4.78, 5) is 80.1. The van der Waals surface area contributed by atoms with Gasteiger partial charge in [-0.2, -0.15) is 4.31 Å². The molecule has 0 aromatic heterocycles. The summed E-state index contributed by atoms with van der Waals surface area (Å²) in [5.41, 5.74) is -8.91. The van der Waals surface area contributed by atoms with Gasteiger partial charge < -0.3 is 84.1 Å². The monoisotopic (exact) mass is 1150 g/mol. The normalized spacial score (nSPS) is 28.4. The SMILES string of the molecule is CN(C(=O)OC(C)(C)C)[C@@H]1[C@@H](O)[C@@H](O[C@@H]2[C@@H](O)[C@H](O[C@H]3OC(CN(C)S(=O)(=O)c4ccccc4[N+](=O)[O-])=CC[C@H]3NC(=O)OC(C)(C)C)[C@@H](NC(=O)OC(C)(C)C)C[C@H]2NC(=O)C2(O)CN(C(=O)OC(C)(C)C)C2)OC[C@]1(C)O. The number of rotatable bonds is 14. The molecule has 3 heterocycles. The van der Waals surface area contributed by atoms with Crippen molar-refractivity contribution in [2.24, 2.45) is 0 Å². The summed E-state index contributed by atoms with van der Waals surface area (Å²) in [7, 11) is -2.18. The number of sulfonamides is 1. The zero-order valence-electron chi connectivity index (χ0n) is 47.3. The number of carbonyl (C=O) groups is 5. The largest absolute Gasteiger partial charge is 0.466 e. The number of nitrogens with one attached hydrogen (secondary N) is 3. The Morgan fingerprint density at radius 3 is 1.81 bits per heavy atom. The van der Waals surface area contributed by atoms with Crippen LogP contribution in [0.2, 0.25) is 0 Å². The molecule has 0 bridgehead atoms. The zero-order chi connectivity index (χ0) is 59.8. The van der Waals surface area contributed by atoms with Crippen molar-refractivity contribution in [3.05, 3.63) is 46.2 Å². The van der Waals surface area contributed by atoms with Gasteiger partial charge in [-0.05, 0) is 115 Å². The predicted octanol–water partition coefficient (Wildman–Crippen LogP) is 2.34. The van der Waals surface area contributed by atoms with E-state index in [2.05, 4.69) is 16.0 Å². The van der Waals surface area contributed by atoms with Crippen LogP contribution in [0.3, 0.4) is 0 Å². The Balaban J connectivity index is 1.57. The summed E-state index contributed by atoms with van der Waals surface area (Å²) in [5, 5.41) is 67.8. The molecule has 0 unspecified atom stereocenters. The lowest BCUT2D eigenvalue weighted by molar-refractivity contribution is -0.387. The first-order chi connectivity index (χ1) is 36.0. The van der Waals surface area contributed by atoms with E-state index in [-0.39, 0.29) is 12.2 Å². The standard InChI is InChI=1S/C50H79N7O21S/c1-45(2,3)75-41(61)52-28-21-20-27(23-54(14)79(69,70)32-19-17-16-18-31(32)57(67)68)72-38(28)73-36-30(53-42(62)76-46(4,5)6)22-29(51-40(60)50(66)24-56(25-50)44(64)78-48(10,11)12)35(33(36)58)74-39-34(59)37(49(13,65)26-71-39)55(15)43(63)77-47(7,8)9/h16-20,28-30,33-39,58-59,65-66H,21-26H2,1-15H3,(H,51,60)(H,52,61)(H,53,62)/t28-,29-,30+,33-,34-,35+,36-,37-,38-,39-,49+/m1/s1. The van der Waals surface area contributed by atoms with Gasteiger partial charge in [-0.3, -0.25) is 14.9 Å². The average Bonchev–Trinajstić information content (AvgIpc) is 3.27. The molecule has 2 saturated heterocycles. The van der Waals surface area contributed by atoms with Gasteiger partial charge in [0.05, 0.1) is 55.3 Å². The van der Waals surface area contributed by atoms with Gasteiger partial charge in [-0.1, -0.05) is 12.1 Å². The van der Waals surface area contributed by atoms with E-state index < -0.39 is 183 Å². The highest BCUT2D eigenvalue weighted by molar-refractivity contribution is 7.89. The lowest BCUT2D eigenvalue weighted by atomic mass is 9.82. The van der Waals surface area contributed by atoms with Crippen LogP contribution in [0, 0.1) is 10.1 Å².